The van der Waals surface area contributed by atoms with Gasteiger partial charge in [0.1, 0.15) is 5.56 Å². The second kappa shape index (κ2) is 5.91. The molecule has 0 amide bonds. The van der Waals surface area contributed by atoms with Gasteiger partial charge in [0.2, 0.25) is 0 Å². The molecule has 0 bridgehead atoms. The third kappa shape index (κ3) is 3.02. The summed E-state index contributed by atoms with van der Waals surface area (Å²) < 4.78 is 1.24. The summed E-state index contributed by atoms with van der Waals surface area (Å²) in [4.78, 5) is 23.3. The molecule has 1 heterocycles. The van der Waals surface area contributed by atoms with Crippen LogP contribution >= 0.6 is 0 Å². The highest BCUT2D eigenvalue weighted by Gasteiger charge is 2.16. The van der Waals surface area contributed by atoms with Crippen molar-refractivity contribution in [2.45, 2.75) is 33.7 Å². The minimum atomic E-state index is -1.22. The van der Waals surface area contributed by atoms with Crippen LogP contribution in [-0.4, -0.2) is 20.9 Å². The molecule has 110 valence electrons. The van der Waals surface area contributed by atoms with E-state index in [1.165, 1.54) is 10.7 Å². The monoisotopic (exact) mass is 286 g/mol. The minimum absolute atomic E-state index is 0.241. The largest absolute Gasteiger partial charge is 0.477 e. The van der Waals surface area contributed by atoms with Gasteiger partial charge in [-0.2, -0.15) is 5.10 Å². The predicted octanol–water partition coefficient (Wildman–Crippen LogP) is 2.64. The van der Waals surface area contributed by atoms with Crippen molar-refractivity contribution in [3.8, 4) is 11.3 Å². The second-order valence-electron chi connectivity index (χ2n) is 5.10. The van der Waals surface area contributed by atoms with Crippen LogP contribution in [0.25, 0.3) is 11.3 Å². The number of rotatable bonds is 4. The summed E-state index contributed by atoms with van der Waals surface area (Å²) in [6.45, 7) is 6.21. The zero-order chi connectivity index (χ0) is 15.6. The van der Waals surface area contributed by atoms with Gasteiger partial charge < -0.3 is 5.11 Å². The summed E-state index contributed by atoms with van der Waals surface area (Å²) in [5.74, 6) is -1.22. The molecule has 0 unspecified atom stereocenters. The van der Waals surface area contributed by atoms with Gasteiger partial charge in [-0.15, -0.1) is 0 Å². The normalized spacial score (nSPS) is 10.6. The number of aryl methyl sites for hydroxylation is 3. The number of benzene rings is 1. The fourth-order valence-corrected chi connectivity index (χ4v) is 2.20. The van der Waals surface area contributed by atoms with Crippen LogP contribution in [-0.2, 0) is 6.54 Å². The molecule has 5 heteroatoms. The van der Waals surface area contributed by atoms with Crippen molar-refractivity contribution in [1.82, 2.24) is 9.78 Å². The van der Waals surface area contributed by atoms with Crippen molar-refractivity contribution in [2.75, 3.05) is 0 Å². The number of aromatic nitrogens is 2. The first kappa shape index (κ1) is 15.0. The molecule has 0 saturated heterocycles. The van der Waals surface area contributed by atoms with Crippen molar-refractivity contribution in [2.24, 2.45) is 0 Å². The van der Waals surface area contributed by atoms with E-state index >= 15 is 0 Å². The third-order valence-electron chi connectivity index (χ3n) is 3.31. The fraction of sp³-hybridized carbons (Fsp3) is 0.312. The zero-order valence-corrected chi connectivity index (χ0v) is 12.4. The van der Waals surface area contributed by atoms with E-state index < -0.39 is 11.5 Å². The summed E-state index contributed by atoms with van der Waals surface area (Å²) >= 11 is 0. The number of carbonyl (C=O) groups is 1. The van der Waals surface area contributed by atoms with Gasteiger partial charge in [-0.1, -0.05) is 24.6 Å². The highest BCUT2D eigenvalue weighted by Crippen LogP contribution is 2.22. The Bertz CT molecular complexity index is 748. The Kier molecular flexibility index (Phi) is 4.21. The van der Waals surface area contributed by atoms with Gasteiger partial charge in [-0.25, -0.2) is 9.48 Å². The van der Waals surface area contributed by atoms with Gasteiger partial charge in [0.15, 0.2) is 0 Å². The molecule has 0 aliphatic heterocycles. The predicted molar refractivity (Wildman–Crippen MR) is 80.7 cm³/mol. The molecule has 21 heavy (non-hydrogen) atoms. The molecule has 0 radical (unpaired) electrons. The van der Waals surface area contributed by atoms with Crippen LogP contribution in [0.5, 0.6) is 0 Å². The Labute approximate surface area is 122 Å². The molecule has 5 nitrogen and oxygen atoms in total. The van der Waals surface area contributed by atoms with Gasteiger partial charge in [0, 0.05) is 12.1 Å². The van der Waals surface area contributed by atoms with Gasteiger partial charge in [-0.05, 0) is 38.0 Å². The maximum Gasteiger partial charge on any atom is 0.341 e. The van der Waals surface area contributed by atoms with E-state index in [-0.39, 0.29) is 5.56 Å². The molecule has 0 aliphatic rings. The number of carboxylic acids is 1. The Morgan fingerprint density at radius 2 is 2.00 bits per heavy atom. The van der Waals surface area contributed by atoms with Crippen LogP contribution in [0.1, 0.15) is 34.8 Å². The van der Waals surface area contributed by atoms with E-state index in [9.17, 15) is 14.7 Å². The van der Waals surface area contributed by atoms with E-state index in [1.807, 2.05) is 39.0 Å². The maximum absolute atomic E-state index is 12.1. The molecule has 1 aromatic heterocycles. The lowest BCUT2D eigenvalue weighted by Crippen LogP contribution is -2.29. The quantitative estimate of drug-likeness (QED) is 0.937. The Morgan fingerprint density at radius 3 is 2.62 bits per heavy atom. The van der Waals surface area contributed by atoms with Crippen molar-refractivity contribution in [1.29, 1.82) is 0 Å². The molecule has 0 spiro atoms. The average molecular weight is 286 g/mol. The summed E-state index contributed by atoms with van der Waals surface area (Å²) in [6, 6.07) is 7.25. The zero-order valence-electron chi connectivity index (χ0n) is 12.4. The third-order valence-corrected chi connectivity index (χ3v) is 3.31. The van der Waals surface area contributed by atoms with Crippen LogP contribution in [0, 0.1) is 13.8 Å². The highest BCUT2D eigenvalue weighted by molar-refractivity contribution is 5.88. The van der Waals surface area contributed by atoms with Crippen molar-refractivity contribution >= 4 is 5.97 Å². The molecule has 0 aliphatic carbocycles. The number of nitrogens with zero attached hydrogens (tertiary/aromatic N) is 2. The Hall–Kier alpha value is -2.43. The van der Waals surface area contributed by atoms with E-state index in [2.05, 4.69) is 5.10 Å². The SMILES string of the molecule is CCCn1nc(-c2cc(C)ccc2C)cc(C(=O)O)c1=O. The second-order valence-corrected chi connectivity index (χ2v) is 5.10. The summed E-state index contributed by atoms with van der Waals surface area (Å²) in [7, 11) is 0. The molecule has 1 aromatic carbocycles. The standard InChI is InChI=1S/C16H18N2O3/c1-4-7-18-15(19)13(16(20)21)9-14(17-18)12-8-10(2)5-6-11(12)3/h5-6,8-9H,4,7H2,1-3H3,(H,20,21). The maximum atomic E-state index is 12.1. The average Bonchev–Trinajstić information content (AvgIpc) is 2.43. The number of carboxylic acid groups (broad SMARTS) is 1. The summed E-state index contributed by atoms with van der Waals surface area (Å²) in [6.07, 6.45) is 0.711. The van der Waals surface area contributed by atoms with E-state index in [0.29, 0.717) is 18.7 Å². The number of aromatic carboxylic acids is 1. The van der Waals surface area contributed by atoms with Crippen molar-refractivity contribution in [3.05, 3.63) is 51.3 Å². The first-order valence-electron chi connectivity index (χ1n) is 6.87. The van der Waals surface area contributed by atoms with Gasteiger partial charge >= 0.3 is 5.97 Å². The molecule has 0 saturated carbocycles. The lowest BCUT2D eigenvalue weighted by molar-refractivity contribution is 0.0693. The topological polar surface area (TPSA) is 72.2 Å². The van der Waals surface area contributed by atoms with E-state index in [0.717, 1.165) is 16.7 Å². The lowest BCUT2D eigenvalue weighted by Gasteiger charge is -2.11. The number of hydrogen-bond acceptors (Lipinski definition) is 3. The number of hydrogen-bond donors (Lipinski definition) is 1. The Balaban J connectivity index is 2.71. The van der Waals surface area contributed by atoms with Crippen LogP contribution < -0.4 is 5.56 Å². The van der Waals surface area contributed by atoms with Gasteiger partial charge in [0.05, 0.1) is 5.69 Å². The van der Waals surface area contributed by atoms with Crippen LogP contribution in [0.15, 0.2) is 29.1 Å². The fourth-order valence-electron chi connectivity index (χ4n) is 2.20. The van der Waals surface area contributed by atoms with Gasteiger partial charge in [-0.3, -0.25) is 4.79 Å². The summed E-state index contributed by atoms with van der Waals surface area (Å²) in [5, 5.41) is 13.5. The van der Waals surface area contributed by atoms with Crippen molar-refractivity contribution in [3.63, 3.8) is 0 Å². The minimum Gasteiger partial charge on any atom is -0.477 e. The smallest absolute Gasteiger partial charge is 0.341 e. The first-order chi connectivity index (χ1) is 9.93. The first-order valence-corrected chi connectivity index (χ1v) is 6.87. The molecular weight excluding hydrogens is 268 g/mol. The van der Waals surface area contributed by atoms with Gasteiger partial charge in [0.25, 0.3) is 5.56 Å². The highest BCUT2D eigenvalue weighted by atomic mass is 16.4. The van der Waals surface area contributed by atoms with Crippen LogP contribution in [0.4, 0.5) is 0 Å². The van der Waals surface area contributed by atoms with E-state index in [4.69, 9.17) is 0 Å². The van der Waals surface area contributed by atoms with Crippen molar-refractivity contribution < 1.29 is 9.90 Å². The molecule has 0 fully saturated rings. The lowest BCUT2D eigenvalue weighted by atomic mass is 10.0. The molecular formula is C16H18N2O3. The molecule has 2 aromatic rings. The molecule has 2 rings (SSSR count). The van der Waals surface area contributed by atoms with Crippen LogP contribution in [0.3, 0.4) is 0 Å². The molecule has 0 atom stereocenters. The van der Waals surface area contributed by atoms with E-state index in [1.54, 1.807) is 0 Å². The summed E-state index contributed by atoms with van der Waals surface area (Å²) in [5.41, 5.74) is 2.62. The van der Waals surface area contributed by atoms with Crippen LogP contribution in [0.2, 0.25) is 0 Å². The Morgan fingerprint density at radius 1 is 1.29 bits per heavy atom. The molecule has 1 N–H and O–H groups in total.